The zero-order valence-corrected chi connectivity index (χ0v) is 9.97. The second-order valence-electron chi connectivity index (χ2n) is 1.56. The molecule has 0 spiro atoms. The van der Waals surface area contributed by atoms with Gasteiger partial charge in [-0.1, -0.05) is 13.3 Å². The van der Waals surface area contributed by atoms with Gasteiger partial charge in [-0.25, -0.2) is 0 Å². The summed E-state index contributed by atoms with van der Waals surface area (Å²) in [5.41, 5.74) is 0. The van der Waals surface area contributed by atoms with Crippen LogP contribution >= 0.6 is 0 Å². The number of ether oxygens (including phenoxy) is 1. The topological polar surface area (TPSA) is 26.3 Å². The van der Waals surface area contributed by atoms with Crippen LogP contribution in [0.3, 0.4) is 0 Å². The standard InChI is InChI=1S/C6H11O2.U/c1-3-4-5-8-6(2)7;/h5H,3-4H2,1-2H3;/q-1;. The SMILES string of the molecule is CCC[CH-]OC(C)=O.[U]. The van der Waals surface area contributed by atoms with Crippen LogP contribution in [0.15, 0.2) is 0 Å². The van der Waals surface area contributed by atoms with Gasteiger partial charge in [-0.15, -0.1) is 6.42 Å². The molecule has 52 valence electrons. The summed E-state index contributed by atoms with van der Waals surface area (Å²) in [7, 11) is 0. The number of carbonyl (C=O) groups excluding carboxylic acids is 1. The van der Waals surface area contributed by atoms with Gasteiger partial charge in [0.15, 0.2) is 0 Å². The summed E-state index contributed by atoms with van der Waals surface area (Å²) >= 11 is 0. The van der Waals surface area contributed by atoms with Crippen molar-refractivity contribution in [2.75, 3.05) is 0 Å². The molecule has 0 aliphatic carbocycles. The van der Waals surface area contributed by atoms with Crippen LogP contribution in [0.5, 0.6) is 0 Å². The molecule has 9 heavy (non-hydrogen) atoms. The minimum absolute atomic E-state index is 0. The number of carbonyl (C=O) groups is 1. The first-order chi connectivity index (χ1) is 3.77. The van der Waals surface area contributed by atoms with Crippen molar-refractivity contribution in [2.45, 2.75) is 26.7 Å². The van der Waals surface area contributed by atoms with Crippen molar-refractivity contribution in [1.82, 2.24) is 0 Å². The van der Waals surface area contributed by atoms with Gasteiger partial charge in [0.2, 0.25) is 0 Å². The zero-order chi connectivity index (χ0) is 6.41. The van der Waals surface area contributed by atoms with Crippen molar-refractivity contribution in [1.29, 1.82) is 0 Å². The monoisotopic (exact) mass is 353 g/mol. The van der Waals surface area contributed by atoms with Crippen molar-refractivity contribution in [3.63, 3.8) is 0 Å². The molecule has 0 fully saturated rings. The number of hydrogen-bond acceptors (Lipinski definition) is 2. The molecule has 0 heterocycles. The Balaban J connectivity index is 0. The summed E-state index contributed by atoms with van der Waals surface area (Å²) in [5.74, 6) is -0.238. The maximum atomic E-state index is 10.1. The van der Waals surface area contributed by atoms with Crippen molar-refractivity contribution >= 4 is 5.97 Å². The Hall–Kier alpha value is 0.522. The molecule has 0 amide bonds. The fraction of sp³-hybridized carbons (Fsp3) is 0.667. The van der Waals surface area contributed by atoms with E-state index in [1.54, 1.807) is 0 Å². The van der Waals surface area contributed by atoms with Crippen LogP contribution in [0.25, 0.3) is 0 Å². The summed E-state index contributed by atoms with van der Waals surface area (Å²) in [6, 6.07) is 0. The molecule has 3 heteroatoms. The third kappa shape index (κ3) is 11.9. The molecule has 0 unspecified atom stereocenters. The molecule has 0 aromatic heterocycles. The first kappa shape index (κ1) is 12.2. The minimum atomic E-state index is -0.238. The summed E-state index contributed by atoms with van der Waals surface area (Å²) in [4.78, 5) is 10.1. The molecule has 0 atom stereocenters. The fourth-order valence-electron chi connectivity index (χ4n) is 0.294. The molecule has 2 nitrogen and oxygen atoms in total. The van der Waals surface area contributed by atoms with Crippen molar-refractivity contribution < 1.29 is 40.6 Å². The summed E-state index contributed by atoms with van der Waals surface area (Å²) in [6.07, 6.45) is 1.87. The van der Waals surface area contributed by atoms with Gasteiger partial charge >= 0.3 is 0 Å². The Bertz CT molecular complexity index is 73.5. The Morgan fingerprint density at radius 1 is 1.67 bits per heavy atom. The van der Waals surface area contributed by atoms with Gasteiger partial charge < -0.3 is 4.74 Å². The van der Waals surface area contributed by atoms with Crippen LogP contribution in [-0.2, 0) is 9.53 Å². The van der Waals surface area contributed by atoms with E-state index in [2.05, 4.69) is 4.74 Å². The van der Waals surface area contributed by atoms with Crippen LogP contribution in [0.2, 0.25) is 0 Å². The van der Waals surface area contributed by atoms with Crippen LogP contribution in [0.1, 0.15) is 26.7 Å². The van der Waals surface area contributed by atoms with Gasteiger partial charge in [0.1, 0.15) is 0 Å². The van der Waals surface area contributed by atoms with Crippen molar-refractivity contribution in [3.8, 4) is 0 Å². The number of esters is 1. The molecular formula is C6H11O2U-. The molecule has 0 bridgehead atoms. The van der Waals surface area contributed by atoms with Gasteiger partial charge in [0.25, 0.3) is 5.97 Å². The Kier molecular flexibility index (Phi) is 11.6. The first-order valence-electron chi connectivity index (χ1n) is 2.76. The quantitative estimate of drug-likeness (QED) is 0.437. The second-order valence-corrected chi connectivity index (χ2v) is 1.56. The molecule has 0 aromatic rings. The molecule has 0 saturated heterocycles. The Labute approximate surface area is 79.7 Å². The van der Waals surface area contributed by atoms with E-state index in [9.17, 15) is 4.79 Å². The maximum absolute atomic E-state index is 10.1. The largest absolute Gasteiger partial charge is 0.637 e. The van der Waals surface area contributed by atoms with Gasteiger partial charge in [-0.05, 0) is 0 Å². The Morgan fingerprint density at radius 2 is 2.22 bits per heavy atom. The average Bonchev–Trinajstić information content (AvgIpc) is 1.66. The number of rotatable bonds is 3. The zero-order valence-electron chi connectivity index (χ0n) is 5.81. The molecule has 0 aromatic carbocycles. The molecule has 0 aliphatic heterocycles. The molecular weight excluding hydrogens is 342 g/mol. The molecule has 0 radical (unpaired) electrons. The molecule has 0 aliphatic rings. The molecule has 0 N–H and O–H groups in total. The number of hydrogen-bond donors (Lipinski definition) is 0. The molecule has 0 rings (SSSR count). The normalized spacial score (nSPS) is 7.78. The number of unbranched alkanes of at least 4 members (excludes halogenated alkanes) is 1. The van der Waals surface area contributed by atoms with E-state index in [0.717, 1.165) is 12.8 Å². The van der Waals surface area contributed by atoms with Crippen molar-refractivity contribution in [3.05, 3.63) is 6.61 Å². The van der Waals surface area contributed by atoms with E-state index in [1.165, 1.54) is 13.5 Å². The molecule has 0 saturated carbocycles. The van der Waals surface area contributed by atoms with Crippen molar-refractivity contribution in [2.24, 2.45) is 0 Å². The van der Waals surface area contributed by atoms with Gasteiger partial charge in [0, 0.05) is 38.0 Å². The summed E-state index contributed by atoms with van der Waals surface area (Å²) in [5, 5.41) is 0. The van der Waals surface area contributed by atoms with E-state index in [4.69, 9.17) is 0 Å². The Morgan fingerprint density at radius 3 is 2.56 bits per heavy atom. The third-order valence-electron chi connectivity index (χ3n) is 0.656. The van der Waals surface area contributed by atoms with Gasteiger partial charge in [-0.2, -0.15) is 6.61 Å². The average molecular weight is 353 g/mol. The van der Waals surface area contributed by atoms with E-state index in [0.29, 0.717) is 0 Å². The van der Waals surface area contributed by atoms with Gasteiger partial charge in [-0.3, -0.25) is 4.79 Å². The third-order valence-corrected chi connectivity index (χ3v) is 0.656. The van der Waals surface area contributed by atoms with E-state index in [-0.39, 0.29) is 37.1 Å². The smallest absolute Gasteiger partial charge is 0.271 e. The summed E-state index contributed by atoms with van der Waals surface area (Å²) in [6.45, 7) is 4.95. The second kappa shape index (κ2) is 8.52. The maximum Gasteiger partial charge on any atom is 0.271 e. The van der Waals surface area contributed by atoms with E-state index >= 15 is 0 Å². The van der Waals surface area contributed by atoms with E-state index in [1.807, 2.05) is 6.92 Å². The summed E-state index contributed by atoms with van der Waals surface area (Å²) < 4.78 is 4.52. The van der Waals surface area contributed by atoms with Crippen LogP contribution in [0.4, 0.5) is 0 Å². The predicted molar refractivity (Wildman–Crippen MR) is 31.0 cm³/mol. The van der Waals surface area contributed by atoms with Crippen LogP contribution in [0, 0.1) is 37.7 Å². The first-order valence-corrected chi connectivity index (χ1v) is 2.76. The fourth-order valence-corrected chi connectivity index (χ4v) is 0.294. The predicted octanol–water partition coefficient (Wildman–Crippen LogP) is 1.51. The van der Waals surface area contributed by atoms with E-state index < -0.39 is 0 Å². The minimum Gasteiger partial charge on any atom is -0.637 e. The van der Waals surface area contributed by atoms with Crippen LogP contribution in [-0.4, -0.2) is 5.97 Å². The van der Waals surface area contributed by atoms with Crippen LogP contribution < -0.4 is 0 Å². The van der Waals surface area contributed by atoms with Gasteiger partial charge in [0.05, 0.1) is 0 Å².